The van der Waals surface area contributed by atoms with E-state index in [0.29, 0.717) is 12.3 Å². The molecular formula is C21H25N3O3. The van der Waals surface area contributed by atoms with Crippen LogP contribution in [-0.4, -0.2) is 43.2 Å². The molecule has 1 aromatic rings. The molecule has 1 amide bonds. The highest BCUT2D eigenvalue weighted by Crippen LogP contribution is 2.26. The summed E-state index contributed by atoms with van der Waals surface area (Å²) in [4.78, 5) is 31.1. The quantitative estimate of drug-likeness (QED) is 0.620. The second-order valence-corrected chi connectivity index (χ2v) is 6.70. The summed E-state index contributed by atoms with van der Waals surface area (Å²) in [5.74, 6) is -0.518. The molecule has 1 aliphatic carbocycles. The summed E-state index contributed by atoms with van der Waals surface area (Å²) in [6, 6.07) is 6.17. The maximum absolute atomic E-state index is 12.2. The molecule has 1 atom stereocenters. The van der Waals surface area contributed by atoms with E-state index < -0.39 is 6.10 Å². The lowest BCUT2D eigenvalue weighted by molar-refractivity contribution is -0.123. The molecule has 142 valence electrons. The number of anilines is 1. The zero-order valence-corrected chi connectivity index (χ0v) is 16.2. The van der Waals surface area contributed by atoms with Crippen LogP contribution < -0.4 is 10.2 Å². The number of aryl methyl sites for hydroxylation is 1. The number of aliphatic imine (C=N–C) groups is 1. The highest BCUT2D eigenvalue weighted by molar-refractivity contribution is 6.23. The molecule has 1 saturated heterocycles. The van der Waals surface area contributed by atoms with E-state index in [1.165, 1.54) is 11.8 Å². The smallest absolute Gasteiger partial charge is 0.256 e. The number of hydrogen-bond acceptors (Lipinski definition) is 5. The molecule has 1 fully saturated rings. The first-order valence-corrected chi connectivity index (χ1v) is 9.24. The molecule has 2 aliphatic rings. The van der Waals surface area contributed by atoms with E-state index in [2.05, 4.69) is 36.2 Å². The second kappa shape index (κ2) is 7.88. The highest BCUT2D eigenvalue weighted by atomic mass is 16.6. The van der Waals surface area contributed by atoms with Crippen molar-refractivity contribution in [3.8, 4) is 0 Å². The number of ether oxygens (including phenoxy) is 1. The van der Waals surface area contributed by atoms with Crippen LogP contribution in [0.1, 0.15) is 26.3 Å². The molecule has 0 radical (unpaired) electrons. The van der Waals surface area contributed by atoms with E-state index in [1.54, 1.807) is 6.08 Å². The normalized spacial score (nSPS) is 20.2. The number of carbonyl (C=O) groups is 2. The minimum absolute atomic E-state index is 0.228. The predicted molar refractivity (Wildman–Crippen MR) is 107 cm³/mol. The maximum atomic E-state index is 12.2. The number of rotatable bonds is 6. The molecule has 27 heavy (non-hydrogen) atoms. The molecule has 3 rings (SSSR count). The number of nitrogens with one attached hydrogen (secondary N) is 1. The summed E-state index contributed by atoms with van der Waals surface area (Å²) >= 11 is 0. The van der Waals surface area contributed by atoms with Gasteiger partial charge in [-0.05, 0) is 69.2 Å². The fourth-order valence-electron chi connectivity index (χ4n) is 2.98. The van der Waals surface area contributed by atoms with E-state index in [0.717, 1.165) is 29.9 Å². The zero-order valence-electron chi connectivity index (χ0n) is 16.2. The molecule has 1 aromatic carbocycles. The van der Waals surface area contributed by atoms with Crippen LogP contribution in [-0.2, 0) is 14.3 Å². The Kier molecular flexibility index (Phi) is 5.56. The molecule has 1 heterocycles. The minimum atomic E-state index is -0.444. The van der Waals surface area contributed by atoms with Crippen molar-refractivity contribution < 1.29 is 14.3 Å². The van der Waals surface area contributed by atoms with Crippen molar-refractivity contribution in [1.29, 1.82) is 0 Å². The van der Waals surface area contributed by atoms with Gasteiger partial charge in [0, 0.05) is 18.8 Å². The van der Waals surface area contributed by atoms with Gasteiger partial charge in [0.15, 0.2) is 6.10 Å². The van der Waals surface area contributed by atoms with Gasteiger partial charge in [0.2, 0.25) is 5.78 Å². The third-order valence-corrected chi connectivity index (χ3v) is 4.73. The van der Waals surface area contributed by atoms with Crippen molar-refractivity contribution in [3.05, 3.63) is 47.2 Å². The van der Waals surface area contributed by atoms with Crippen LogP contribution in [0.4, 0.5) is 11.4 Å². The second-order valence-electron chi connectivity index (χ2n) is 6.70. The van der Waals surface area contributed by atoms with Gasteiger partial charge >= 0.3 is 0 Å². The summed E-state index contributed by atoms with van der Waals surface area (Å²) in [7, 11) is 0. The van der Waals surface area contributed by atoms with Crippen molar-refractivity contribution in [2.75, 3.05) is 24.6 Å². The highest BCUT2D eigenvalue weighted by Gasteiger charge is 2.32. The topological polar surface area (TPSA) is 74.3 Å². The minimum Gasteiger partial charge on any atom is -0.372 e. The number of hydrogen-bond donors (Lipinski definition) is 1. The largest absolute Gasteiger partial charge is 0.372 e. The summed E-state index contributed by atoms with van der Waals surface area (Å²) in [6.07, 6.45) is 2.69. The Morgan fingerprint density at radius 2 is 1.96 bits per heavy atom. The van der Waals surface area contributed by atoms with E-state index in [1.807, 2.05) is 19.9 Å². The van der Waals surface area contributed by atoms with Gasteiger partial charge in [-0.1, -0.05) is 0 Å². The first kappa shape index (κ1) is 19.0. The summed E-state index contributed by atoms with van der Waals surface area (Å²) < 4.78 is 4.96. The average Bonchev–Trinajstić information content (AvgIpc) is 3.47. The van der Waals surface area contributed by atoms with Crippen molar-refractivity contribution >= 4 is 28.8 Å². The van der Waals surface area contributed by atoms with Crippen LogP contribution in [0.5, 0.6) is 0 Å². The Morgan fingerprint density at radius 1 is 1.26 bits per heavy atom. The molecule has 0 bridgehead atoms. The lowest BCUT2D eigenvalue weighted by Gasteiger charge is -2.22. The molecule has 1 N–H and O–H groups in total. The third kappa shape index (κ3) is 4.34. The van der Waals surface area contributed by atoms with E-state index in [9.17, 15) is 9.59 Å². The van der Waals surface area contributed by atoms with Gasteiger partial charge in [-0.15, -0.1) is 0 Å². The fourth-order valence-corrected chi connectivity index (χ4v) is 2.98. The number of carbonyl (C=O) groups excluding carboxylic acids is 2. The molecule has 0 aromatic heterocycles. The maximum Gasteiger partial charge on any atom is 0.256 e. The number of nitrogens with zero attached hydrogens (tertiary/aromatic N) is 2. The standard InChI is InChI=1S/C21H25N3O3/c1-5-24(6-2)15-7-8-16(13(3)9-15)22-17-11-18(19(25)10-14(17)4)23-21(26)20-12-27-20/h7-11,20H,5-6,12H2,1-4H3,(H,23,26)/b22-17+. The van der Waals surface area contributed by atoms with Gasteiger partial charge in [0.25, 0.3) is 5.91 Å². The van der Waals surface area contributed by atoms with E-state index in [4.69, 9.17) is 9.73 Å². The molecule has 1 aliphatic heterocycles. The van der Waals surface area contributed by atoms with Crippen molar-refractivity contribution in [2.45, 2.75) is 33.8 Å². The van der Waals surface area contributed by atoms with Gasteiger partial charge in [-0.25, -0.2) is 4.99 Å². The Balaban J connectivity index is 1.87. The Bertz CT molecular complexity index is 859. The Morgan fingerprint density at radius 3 is 2.56 bits per heavy atom. The van der Waals surface area contributed by atoms with E-state index >= 15 is 0 Å². The fraction of sp³-hybridized carbons (Fsp3) is 0.381. The molecule has 0 saturated carbocycles. The summed E-state index contributed by atoms with van der Waals surface area (Å²) in [5.41, 5.74) is 4.74. The average molecular weight is 367 g/mol. The van der Waals surface area contributed by atoms with Crippen molar-refractivity contribution in [3.63, 3.8) is 0 Å². The van der Waals surface area contributed by atoms with Gasteiger partial charge in [-0.3, -0.25) is 9.59 Å². The lowest BCUT2D eigenvalue weighted by Crippen LogP contribution is -2.32. The van der Waals surface area contributed by atoms with Gasteiger partial charge in [0.1, 0.15) is 0 Å². The first-order valence-electron chi connectivity index (χ1n) is 9.24. The van der Waals surface area contributed by atoms with Gasteiger partial charge < -0.3 is 15.0 Å². The first-order chi connectivity index (χ1) is 12.9. The Hall–Kier alpha value is -2.73. The third-order valence-electron chi connectivity index (χ3n) is 4.73. The molecular weight excluding hydrogens is 342 g/mol. The molecule has 6 heteroatoms. The number of amides is 1. The Labute approximate surface area is 159 Å². The molecule has 0 spiro atoms. The van der Waals surface area contributed by atoms with Crippen LogP contribution in [0.25, 0.3) is 0 Å². The number of epoxide rings is 1. The van der Waals surface area contributed by atoms with Crippen LogP contribution in [0.15, 0.2) is 46.6 Å². The SMILES string of the molecule is CCN(CC)c1ccc(/N=C2\C=C(NC(=O)C3CO3)C(=O)C=C2C)c(C)c1. The van der Waals surface area contributed by atoms with Gasteiger partial charge in [-0.2, -0.15) is 0 Å². The summed E-state index contributed by atoms with van der Waals surface area (Å²) in [6.45, 7) is 10.4. The molecule has 1 unspecified atom stereocenters. The summed E-state index contributed by atoms with van der Waals surface area (Å²) in [5, 5.41) is 2.64. The van der Waals surface area contributed by atoms with E-state index in [-0.39, 0.29) is 17.4 Å². The predicted octanol–water partition coefficient (Wildman–Crippen LogP) is 2.84. The van der Waals surface area contributed by atoms with Crippen molar-refractivity contribution in [1.82, 2.24) is 5.32 Å². The van der Waals surface area contributed by atoms with Gasteiger partial charge in [0.05, 0.1) is 23.7 Å². The van der Waals surface area contributed by atoms with Crippen LogP contribution in [0, 0.1) is 6.92 Å². The lowest BCUT2D eigenvalue weighted by atomic mass is 10.0. The van der Waals surface area contributed by atoms with Crippen LogP contribution in [0.2, 0.25) is 0 Å². The zero-order chi connectivity index (χ0) is 19.6. The number of ketones is 1. The van der Waals surface area contributed by atoms with Crippen LogP contribution >= 0.6 is 0 Å². The van der Waals surface area contributed by atoms with Crippen LogP contribution in [0.3, 0.4) is 0 Å². The van der Waals surface area contributed by atoms with Crippen molar-refractivity contribution in [2.24, 2.45) is 4.99 Å². The number of allylic oxidation sites excluding steroid dienone is 3. The number of benzene rings is 1. The monoisotopic (exact) mass is 367 g/mol. The molecule has 6 nitrogen and oxygen atoms in total.